The fourth-order valence-corrected chi connectivity index (χ4v) is 2.60. The van der Waals surface area contributed by atoms with E-state index in [1.54, 1.807) is 0 Å². The molecule has 1 aromatic carbocycles. The van der Waals surface area contributed by atoms with E-state index in [1.807, 2.05) is 0 Å². The molecule has 1 fully saturated rings. The molecular formula is C13H15F3O. The van der Waals surface area contributed by atoms with Crippen molar-refractivity contribution in [3.05, 3.63) is 35.4 Å². The van der Waals surface area contributed by atoms with Gasteiger partial charge in [0.1, 0.15) is 0 Å². The number of hydrogen-bond acceptors (Lipinski definition) is 1. The van der Waals surface area contributed by atoms with Crippen molar-refractivity contribution in [2.24, 2.45) is 0 Å². The number of rotatable bonds is 2. The minimum atomic E-state index is -4.29. The lowest BCUT2D eigenvalue weighted by molar-refractivity contribution is -0.137. The average Bonchev–Trinajstić information content (AvgIpc) is 2.78. The maximum atomic E-state index is 12.4. The second-order valence-corrected chi connectivity index (χ2v) is 4.72. The quantitative estimate of drug-likeness (QED) is 0.844. The molecule has 0 radical (unpaired) electrons. The number of hydrogen-bond donors (Lipinski definition) is 1. The van der Waals surface area contributed by atoms with Gasteiger partial charge in [0.15, 0.2) is 0 Å². The highest BCUT2D eigenvalue weighted by Crippen LogP contribution is 2.41. The molecule has 0 saturated heterocycles. The van der Waals surface area contributed by atoms with Crippen LogP contribution in [0.2, 0.25) is 0 Å². The highest BCUT2D eigenvalue weighted by Gasteiger charge is 2.36. The maximum Gasteiger partial charge on any atom is 0.416 e. The molecule has 1 N–H and O–H groups in total. The molecule has 2 rings (SSSR count). The maximum absolute atomic E-state index is 12.4. The number of alkyl halides is 3. The Labute approximate surface area is 98.3 Å². The predicted octanol–water partition coefficient (Wildman–Crippen LogP) is 3.51. The second kappa shape index (κ2) is 4.33. The lowest BCUT2D eigenvalue weighted by Crippen LogP contribution is -2.26. The van der Waals surface area contributed by atoms with Gasteiger partial charge in [0.05, 0.1) is 12.2 Å². The molecule has 1 aromatic rings. The first-order valence-electron chi connectivity index (χ1n) is 5.77. The van der Waals surface area contributed by atoms with Crippen LogP contribution in [0.5, 0.6) is 0 Å². The molecule has 1 nitrogen and oxygen atoms in total. The van der Waals surface area contributed by atoms with E-state index >= 15 is 0 Å². The minimum Gasteiger partial charge on any atom is -0.395 e. The molecule has 0 atom stereocenters. The molecule has 17 heavy (non-hydrogen) atoms. The first-order valence-corrected chi connectivity index (χ1v) is 5.77. The molecule has 0 amide bonds. The van der Waals surface area contributed by atoms with E-state index < -0.39 is 11.7 Å². The van der Waals surface area contributed by atoms with Crippen molar-refractivity contribution in [2.75, 3.05) is 6.61 Å². The van der Waals surface area contributed by atoms with E-state index in [0.717, 1.165) is 43.4 Å². The molecule has 94 valence electrons. The Kier molecular flexibility index (Phi) is 3.17. The van der Waals surface area contributed by atoms with Crippen molar-refractivity contribution in [3.63, 3.8) is 0 Å². The topological polar surface area (TPSA) is 20.2 Å². The van der Waals surface area contributed by atoms with Crippen LogP contribution in [0.4, 0.5) is 13.2 Å². The lowest BCUT2D eigenvalue weighted by Gasteiger charge is -2.27. The Balaban J connectivity index is 2.28. The van der Waals surface area contributed by atoms with Gasteiger partial charge in [0.25, 0.3) is 0 Å². The molecule has 4 heteroatoms. The fourth-order valence-electron chi connectivity index (χ4n) is 2.60. The Hall–Kier alpha value is -1.03. The van der Waals surface area contributed by atoms with E-state index in [1.165, 1.54) is 12.1 Å². The fraction of sp³-hybridized carbons (Fsp3) is 0.538. The van der Waals surface area contributed by atoms with Crippen molar-refractivity contribution in [1.29, 1.82) is 0 Å². The van der Waals surface area contributed by atoms with E-state index in [-0.39, 0.29) is 12.0 Å². The second-order valence-electron chi connectivity index (χ2n) is 4.72. The third kappa shape index (κ3) is 2.32. The van der Waals surface area contributed by atoms with Crippen LogP contribution >= 0.6 is 0 Å². The zero-order chi connectivity index (χ0) is 12.5. The first kappa shape index (κ1) is 12.4. The molecule has 0 spiro atoms. The van der Waals surface area contributed by atoms with Crippen molar-refractivity contribution in [3.8, 4) is 0 Å². The van der Waals surface area contributed by atoms with Gasteiger partial charge in [-0.15, -0.1) is 0 Å². The minimum absolute atomic E-state index is 0.0123. The molecule has 0 bridgehead atoms. The van der Waals surface area contributed by atoms with E-state index in [4.69, 9.17) is 0 Å². The summed E-state index contributed by atoms with van der Waals surface area (Å²) in [6, 6.07) is 5.21. The summed E-state index contributed by atoms with van der Waals surface area (Å²) in [6.45, 7) is 0.0123. The van der Waals surface area contributed by atoms with Crippen LogP contribution in [0.15, 0.2) is 24.3 Å². The molecular weight excluding hydrogens is 229 g/mol. The number of halogens is 3. The summed E-state index contributed by atoms with van der Waals surface area (Å²) in [4.78, 5) is 0. The van der Waals surface area contributed by atoms with Crippen LogP contribution < -0.4 is 0 Å². The van der Waals surface area contributed by atoms with Crippen LogP contribution in [0.1, 0.15) is 36.8 Å². The van der Waals surface area contributed by atoms with E-state index in [2.05, 4.69) is 0 Å². The summed E-state index contributed by atoms with van der Waals surface area (Å²) in [5.41, 5.74) is -0.123. The van der Waals surface area contributed by atoms with Gasteiger partial charge < -0.3 is 5.11 Å². The van der Waals surface area contributed by atoms with Gasteiger partial charge >= 0.3 is 6.18 Å². The Bertz CT molecular complexity index is 375. The highest BCUT2D eigenvalue weighted by molar-refractivity contribution is 5.31. The predicted molar refractivity (Wildman–Crippen MR) is 58.7 cm³/mol. The van der Waals surface area contributed by atoms with E-state index in [0.29, 0.717) is 0 Å². The Morgan fingerprint density at radius 1 is 1.06 bits per heavy atom. The molecule has 1 saturated carbocycles. The van der Waals surface area contributed by atoms with Gasteiger partial charge in [0.2, 0.25) is 0 Å². The zero-order valence-corrected chi connectivity index (χ0v) is 9.43. The smallest absolute Gasteiger partial charge is 0.395 e. The van der Waals surface area contributed by atoms with Crippen molar-refractivity contribution in [1.82, 2.24) is 0 Å². The summed E-state index contributed by atoms with van der Waals surface area (Å²) in [6.07, 6.45) is -0.520. The monoisotopic (exact) mass is 244 g/mol. The third-order valence-electron chi connectivity index (χ3n) is 3.69. The van der Waals surface area contributed by atoms with Crippen molar-refractivity contribution in [2.45, 2.75) is 37.3 Å². The standard InChI is InChI=1S/C13H15F3O/c14-13(15,16)11-5-3-10(4-6-11)12(9-17)7-1-2-8-12/h3-6,17H,1-2,7-9H2. The summed E-state index contributed by atoms with van der Waals surface area (Å²) in [5, 5.41) is 9.48. The van der Waals surface area contributed by atoms with Gasteiger partial charge in [-0.3, -0.25) is 0 Å². The first-order chi connectivity index (χ1) is 7.98. The van der Waals surface area contributed by atoms with Crippen LogP contribution in [-0.4, -0.2) is 11.7 Å². The van der Waals surface area contributed by atoms with Crippen molar-refractivity contribution >= 4 is 0 Å². The Morgan fingerprint density at radius 2 is 1.59 bits per heavy atom. The highest BCUT2D eigenvalue weighted by atomic mass is 19.4. The Morgan fingerprint density at radius 3 is 2.00 bits per heavy atom. The summed E-state index contributed by atoms with van der Waals surface area (Å²) < 4.78 is 37.3. The van der Waals surface area contributed by atoms with E-state index in [9.17, 15) is 18.3 Å². The van der Waals surface area contributed by atoms with Crippen LogP contribution in [0.3, 0.4) is 0 Å². The van der Waals surface area contributed by atoms with Crippen LogP contribution in [0, 0.1) is 0 Å². The molecule has 1 aliphatic rings. The molecule has 0 aliphatic heterocycles. The molecule has 0 aromatic heterocycles. The molecule has 0 unspecified atom stereocenters. The summed E-state index contributed by atoms with van der Waals surface area (Å²) in [7, 11) is 0. The van der Waals surface area contributed by atoms with Crippen molar-refractivity contribution < 1.29 is 18.3 Å². The summed E-state index contributed by atoms with van der Waals surface area (Å²) in [5.74, 6) is 0. The zero-order valence-electron chi connectivity index (χ0n) is 9.43. The largest absolute Gasteiger partial charge is 0.416 e. The average molecular weight is 244 g/mol. The van der Waals surface area contributed by atoms with Gasteiger partial charge in [-0.05, 0) is 30.5 Å². The van der Waals surface area contributed by atoms with Gasteiger partial charge in [0, 0.05) is 5.41 Å². The number of aliphatic hydroxyl groups excluding tert-OH is 1. The van der Waals surface area contributed by atoms with Gasteiger partial charge in [-0.2, -0.15) is 13.2 Å². The third-order valence-corrected chi connectivity index (χ3v) is 3.69. The van der Waals surface area contributed by atoms with Gasteiger partial charge in [-0.1, -0.05) is 25.0 Å². The SMILES string of the molecule is OCC1(c2ccc(C(F)(F)F)cc2)CCCC1. The summed E-state index contributed by atoms with van der Waals surface area (Å²) >= 11 is 0. The van der Waals surface area contributed by atoms with Gasteiger partial charge in [-0.25, -0.2) is 0 Å². The van der Waals surface area contributed by atoms with Crippen LogP contribution in [0.25, 0.3) is 0 Å². The van der Waals surface area contributed by atoms with Crippen LogP contribution in [-0.2, 0) is 11.6 Å². The number of benzene rings is 1. The lowest BCUT2D eigenvalue weighted by atomic mass is 9.79. The number of aliphatic hydroxyl groups is 1. The molecule has 0 heterocycles. The normalized spacial score (nSPS) is 19.5. The molecule has 1 aliphatic carbocycles.